The maximum absolute atomic E-state index is 10.4. The number of benzene rings is 2. The number of hydrogen-bond donors (Lipinski definition) is 4. The van der Waals surface area contributed by atoms with Gasteiger partial charge in [0.15, 0.2) is 0 Å². The minimum atomic E-state index is -0.0650. The van der Waals surface area contributed by atoms with E-state index in [2.05, 4.69) is 29.2 Å². The number of hydrogen-bond acceptors (Lipinski definition) is 4. The first-order valence-electron chi connectivity index (χ1n) is 8.96. The molecule has 0 spiro atoms. The zero-order valence-corrected chi connectivity index (χ0v) is 16.4. The average Bonchev–Trinajstić information content (AvgIpc) is 3.12. The highest BCUT2D eigenvalue weighted by Gasteiger charge is 2.21. The third-order valence-corrected chi connectivity index (χ3v) is 5.27. The van der Waals surface area contributed by atoms with Gasteiger partial charge in [-0.15, -0.1) is 12.6 Å². The van der Waals surface area contributed by atoms with Crippen LogP contribution in [0.5, 0.6) is 11.5 Å². The van der Waals surface area contributed by atoms with Gasteiger partial charge in [0, 0.05) is 17.5 Å². The van der Waals surface area contributed by atoms with Gasteiger partial charge in [0.25, 0.3) is 0 Å². The summed E-state index contributed by atoms with van der Waals surface area (Å²) in [6.45, 7) is 7.99. The number of phenols is 2. The molecular formula is C22H24N2O2S. The number of aromatic nitrogens is 2. The number of aryl methyl sites for hydroxylation is 1. The van der Waals surface area contributed by atoms with E-state index in [1.165, 1.54) is 6.07 Å². The number of aromatic amines is 1. The number of fused-ring (bicyclic) bond motifs is 1. The summed E-state index contributed by atoms with van der Waals surface area (Å²) in [7, 11) is 0. The first-order valence-corrected chi connectivity index (χ1v) is 9.41. The molecule has 0 saturated carbocycles. The van der Waals surface area contributed by atoms with Gasteiger partial charge >= 0.3 is 0 Å². The molecule has 0 bridgehead atoms. The number of para-hydroxylation sites is 1. The molecule has 3 N–H and O–H groups in total. The molecule has 2 aromatic carbocycles. The third kappa shape index (κ3) is 3.74. The summed E-state index contributed by atoms with van der Waals surface area (Å²) in [4.78, 5) is 8.32. The molecule has 3 aromatic rings. The Morgan fingerprint density at radius 2 is 2.07 bits per heavy atom. The van der Waals surface area contributed by atoms with E-state index < -0.39 is 0 Å². The summed E-state index contributed by atoms with van der Waals surface area (Å²) >= 11 is 4.56. The standard InChI is InChI=1S/C22H24N2O2S/c1-4-14(18-10-15(5-2)20(25)11-21(18)26)9-17(13(3)27)16-7-6-8-19-22(16)24-12-23-19/h4,6-8,10-12,17,25-27H,3,5,9H2,1-2H3,(H,23,24)/b14-4+. The van der Waals surface area contributed by atoms with Crippen molar-refractivity contribution in [2.75, 3.05) is 0 Å². The zero-order chi connectivity index (χ0) is 19.6. The van der Waals surface area contributed by atoms with Gasteiger partial charge in [0.05, 0.1) is 17.4 Å². The van der Waals surface area contributed by atoms with Gasteiger partial charge in [-0.1, -0.05) is 31.7 Å². The average molecular weight is 381 g/mol. The molecule has 27 heavy (non-hydrogen) atoms. The molecule has 1 aromatic heterocycles. The fourth-order valence-corrected chi connectivity index (χ4v) is 3.67. The second-order valence-electron chi connectivity index (χ2n) is 6.56. The fourth-order valence-electron chi connectivity index (χ4n) is 3.44. The Bertz CT molecular complexity index is 1020. The second kappa shape index (κ2) is 7.92. The SMILES string of the molecule is C=C(S)C(C/C(=C\C)c1cc(CC)c(O)cc1O)c1cccc2[nH]cnc12. The Kier molecular flexibility index (Phi) is 5.61. The van der Waals surface area contributed by atoms with Crippen LogP contribution in [0.3, 0.4) is 0 Å². The lowest BCUT2D eigenvalue weighted by Gasteiger charge is -2.21. The minimum Gasteiger partial charge on any atom is -0.508 e. The molecule has 5 heteroatoms. The molecule has 1 atom stereocenters. The lowest BCUT2D eigenvalue weighted by molar-refractivity contribution is 0.445. The highest BCUT2D eigenvalue weighted by Crippen LogP contribution is 2.41. The number of aromatic hydroxyl groups is 2. The van der Waals surface area contributed by atoms with Crippen molar-refractivity contribution < 1.29 is 10.2 Å². The van der Waals surface area contributed by atoms with E-state index in [-0.39, 0.29) is 17.4 Å². The number of nitrogens with one attached hydrogen (secondary N) is 1. The Hall–Kier alpha value is -2.66. The fraction of sp³-hybridized carbons (Fsp3) is 0.227. The zero-order valence-electron chi connectivity index (χ0n) is 15.5. The number of nitrogens with zero attached hydrogens (tertiary/aromatic N) is 1. The molecule has 0 aliphatic carbocycles. The van der Waals surface area contributed by atoms with Crippen molar-refractivity contribution in [2.24, 2.45) is 0 Å². The molecule has 0 radical (unpaired) electrons. The van der Waals surface area contributed by atoms with Gasteiger partial charge in [0.1, 0.15) is 11.5 Å². The predicted octanol–water partition coefficient (Wildman–Crippen LogP) is 5.56. The second-order valence-corrected chi connectivity index (χ2v) is 7.13. The molecule has 0 fully saturated rings. The van der Waals surface area contributed by atoms with Gasteiger partial charge in [0.2, 0.25) is 0 Å². The Balaban J connectivity index is 2.04. The van der Waals surface area contributed by atoms with Crippen LogP contribution in [0, 0.1) is 0 Å². The van der Waals surface area contributed by atoms with E-state index in [1.807, 2.05) is 44.2 Å². The largest absolute Gasteiger partial charge is 0.508 e. The topological polar surface area (TPSA) is 69.1 Å². The first-order chi connectivity index (χ1) is 13.0. The van der Waals surface area contributed by atoms with E-state index >= 15 is 0 Å². The van der Waals surface area contributed by atoms with Gasteiger partial charge in [-0.25, -0.2) is 4.98 Å². The molecule has 1 unspecified atom stereocenters. The Morgan fingerprint density at radius 3 is 2.74 bits per heavy atom. The highest BCUT2D eigenvalue weighted by atomic mass is 32.1. The van der Waals surface area contributed by atoms with Crippen molar-refractivity contribution >= 4 is 29.2 Å². The lowest BCUT2D eigenvalue weighted by atomic mass is 9.87. The molecule has 0 aliphatic rings. The van der Waals surface area contributed by atoms with E-state index in [0.717, 1.165) is 38.2 Å². The number of phenolic OH excluding ortho intramolecular Hbond substituents is 2. The monoisotopic (exact) mass is 380 g/mol. The van der Waals surface area contributed by atoms with E-state index in [9.17, 15) is 10.2 Å². The number of imidazole rings is 1. The maximum Gasteiger partial charge on any atom is 0.126 e. The van der Waals surface area contributed by atoms with Crippen LogP contribution >= 0.6 is 12.6 Å². The third-order valence-electron chi connectivity index (χ3n) is 4.95. The van der Waals surface area contributed by atoms with Crippen molar-refractivity contribution in [1.29, 1.82) is 0 Å². The highest BCUT2D eigenvalue weighted by molar-refractivity contribution is 7.84. The maximum atomic E-state index is 10.4. The summed E-state index contributed by atoms with van der Waals surface area (Å²) in [5, 5.41) is 20.4. The summed E-state index contributed by atoms with van der Waals surface area (Å²) in [6, 6.07) is 9.28. The van der Waals surface area contributed by atoms with Crippen molar-refractivity contribution in [1.82, 2.24) is 9.97 Å². The minimum absolute atomic E-state index is 0.0650. The van der Waals surface area contributed by atoms with Crippen molar-refractivity contribution in [3.8, 4) is 11.5 Å². The normalized spacial score (nSPS) is 13.1. The molecule has 0 saturated heterocycles. The van der Waals surface area contributed by atoms with Crippen molar-refractivity contribution in [3.05, 3.63) is 70.9 Å². The van der Waals surface area contributed by atoms with Gasteiger partial charge in [-0.05, 0) is 53.5 Å². The molecule has 3 rings (SSSR count). The summed E-state index contributed by atoms with van der Waals surface area (Å²) in [6.07, 6.45) is 4.97. The van der Waals surface area contributed by atoms with Crippen LogP contribution in [0.2, 0.25) is 0 Å². The van der Waals surface area contributed by atoms with Crippen molar-refractivity contribution in [3.63, 3.8) is 0 Å². The number of allylic oxidation sites excluding steroid dienone is 3. The van der Waals surface area contributed by atoms with Crippen LogP contribution in [-0.4, -0.2) is 20.2 Å². The van der Waals surface area contributed by atoms with E-state index in [4.69, 9.17) is 0 Å². The quantitative estimate of drug-likeness (QED) is 0.423. The van der Waals surface area contributed by atoms with Crippen LogP contribution in [0.15, 0.2) is 54.2 Å². The van der Waals surface area contributed by atoms with Gasteiger partial charge < -0.3 is 15.2 Å². The van der Waals surface area contributed by atoms with Gasteiger partial charge in [-0.2, -0.15) is 0 Å². The van der Waals surface area contributed by atoms with Crippen LogP contribution in [0.1, 0.15) is 42.9 Å². The molecule has 140 valence electrons. The van der Waals surface area contributed by atoms with Gasteiger partial charge in [-0.3, -0.25) is 0 Å². The van der Waals surface area contributed by atoms with E-state index in [1.54, 1.807) is 6.33 Å². The van der Waals surface area contributed by atoms with Crippen LogP contribution < -0.4 is 0 Å². The molecule has 0 amide bonds. The first kappa shape index (κ1) is 19.1. The van der Waals surface area contributed by atoms with E-state index in [0.29, 0.717) is 12.8 Å². The Labute approximate surface area is 164 Å². The molecule has 4 nitrogen and oxygen atoms in total. The lowest BCUT2D eigenvalue weighted by Crippen LogP contribution is -2.02. The number of thiol groups is 1. The smallest absolute Gasteiger partial charge is 0.126 e. The van der Waals surface area contributed by atoms with Crippen LogP contribution in [0.4, 0.5) is 0 Å². The summed E-state index contributed by atoms with van der Waals surface area (Å²) in [5.74, 6) is 0.120. The number of H-pyrrole nitrogens is 1. The summed E-state index contributed by atoms with van der Waals surface area (Å²) in [5.41, 5.74) is 5.41. The van der Waals surface area contributed by atoms with Crippen molar-refractivity contribution in [2.45, 2.75) is 32.6 Å². The van der Waals surface area contributed by atoms with Crippen LogP contribution in [0.25, 0.3) is 16.6 Å². The number of rotatable bonds is 6. The molecular weight excluding hydrogens is 356 g/mol. The Morgan fingerprint density at radius 1 is 1.30 bits per heavy atom. The predicted molar refractivity (Wildman–Crippen MR) is 114 cm³/mol. The van der Waals surface area contributed by atoms with Crippen LogP contribution in [-0.2, 0) is 6.42 Å². The molecule has 0 aliphatic heterocycles. The molecule has 1 heterocycles. The summed E-state index contributed by atoms with van der Waals surface area (Å²) < 4.78 is 0.